The Labute approximate surface area is 122 Å². The number of hydrogen-bond donors (Lipinski definition) is 1. The lowest BCUT2D eigenvalue weighted by Crippen LogP contribution is -2.03. The zero-order valence-electron chi connectivity index (χ0n) is 9.12. The smallest absolute Gasteiger partial charge is 0.340 e. The Morgan fingerprint density at radius 3 is 2.26 bits per heavy atom. The number of carbonyl (C=O) groups is 1. The van der Waals surface area contributed by atoms with E-state index in [4.69, 9.17) is 39.9 Å². The molecule has 19 heavy (non-hydrogen) atoms. The third-order valence-electron chi connectivity index (χ3n) is 2.37. The summed E-state index contributed by atoms with van der Waals surface area (Å²) in [6.07, 6.45) is 1.16. The number of aromatic carboxylic acids is 1. The van der Waals surface area contributed by atoms with Crippen molar-refractivity contribution in [1.29, 1.82) is 0 Å². The highest BCUT2D eigenvalue weighted by Gasteiger charge is 2.16. The fourth-order valence-electron chi connectivity index (χ4n) is 1.55. The van der Waals surface area contributed by atoms with E-state index in [1.54, 1.807) is 0 Å². The number of carboxylic acids is 1. The van der Waals surface area contributed by atoms with E-state index < -0.39 is 17.5 Å². The van der Waals surface area contributed by atoms with E-state index in [0.29, 0.717) is 16.1 Å². The van der Waals surface area contributed by atoms with Crippen LogP contribution in [0.4, 0.5) is 4.39 Å². The van der Waals surface area contributed by atoms with Gasteiger partial charge in [0.1, 0.15) is 5.56 Å². The molecule has 7 heteroatoms. The SMILES string of the molecule is O=C(O)c1cc(-c2c(Cl)cc(Cl)cc2Cl)cnc1F. The zero-order chi connectivity index (χ0) is 14.2. The Morgan fingerprint density at radius 2 is 1.74 bits per heavy atom. The molecule has 0 saturated carbocycles. The normalized spacial score (nSPS) is 10.5. The third kappa shape index (κ3) is 2.81. The van der Waals surface area contributed by atoms with Gasteiger partial charge in [0.25, 0.3) is 0 Å². The van der Waals surface area contributed by atoms with Crippen molar-refractivity contribution in [2.24, 2.45) is 0 Å². The first-order valence-corrected chi connectivity index (χ1v) is 6.07. The molecular formula is C12H5Cl3FNO2. The summed E-state index contributed by atoms with van der Waals surface area (Å²) in [4.78, 5) is 14.2. The molecule has 0 aliphatic heterocycles. The minimum atomic E-state index is -1.42. The first-order valence-electron chi connectivity index (χ1n) is 4.94. The van der Waals surface area contributed by atoms with Gasteiger partial charge in [-0.25, -0.2) is 9.78 Å². The van der Waals surface area contributed by atoms with E-state index in [0.717, 1.165) is 12.3 Å². The molecule has 0 fully saturated rings. The quantitative estimate of drug-likeness (QED) is 0.826. The number of rotatable bonds is 2. The molecule has 1 N–H and O–H groups in total. The molecule has 0 unspecified atom stereocenters. The summed E-state index contributed by atoms with van der Waals surface area (Å²) in [5.74, 6) is -2.49. The maximum Gasteiger partial charge on any atom is 0.340 e. The van der Waals surface area contributed by atoms with Crippen molar-refractivity contribution in [1.82, 2.24) is 4.98 Å². The summed E-state index contributed by atoms with van der Waals surface area (Å²) in [5, 5.41) is 9.64. The van der Waals surface area contributed by atoms with Crippen LogP contribution in [0.3, 0.4) is 0 Å². The molecule has 0 radical (unpaired) electrons. The van der Waals surface area contributed by atoms with Gasteiger partial charge >= 0.3 is 5.97 Å². The monoisotopic (exact) mass is 319 g/mol. The van der Waals surface area contributed by atoms with E-state index in [-0.39, 0.29) is 10.0 Å². The highest BCUT2D eigenvalue weighted by atomic mass is 35.5. The van der Waals surface area contributed by atoms with Crippen LogP contribution in [-0.4, -0.2) is 16.1 Å². The minimum Gasteiger partial charge on any atom is -0.478 e. The van der Waals surface area contributed by atoms with Crippen LogP contribution in [0.15, 0.2) is 24.4 Å². The van der Waals surface area contributed by atoms with Crippen LogP contribution < -0.4 is 0 Å². The lowest BCUT2D eigenvalue weighted by molar-refractivity contribution is 0.0691. The summed E-state index contributed by atoms with van der Waals surface area (Å²) < 4.78 is 13.2. The molecule has 0 saturated heterocycles. The van der Waals surface area contributed by atoms with Gasteiger partial charge in [0.05, 0.1) is 10.0 Å². The van der Waals surface area contributed by atoms with E-state index in [1.807, 2.05) is 0 Å². The topological polar surface area (TPSA) is 50.2 Å². The second-order valence-corrected chi connectivity index (χ2v) is 4.86. The number of carboxylic acid groups (broad SMARTS) is 1. The van der Waals surface area contributed by atoms with Crippen LogP contribution in [0.1, 0.15) is 10.4 Å². The van der Waals surface area contributed by atoms with Gasteiger partial charge in [-0.2, -0.15) is 4.39 Å². The van der Waals surface area contributed by atoms with Crippen LogP contribution in [-0.2, 0) is 0 Å². The summed E-state index contributed by atoms with van der Waals surface area (Å²) in [5.41, 5.74) is 0.0905. The molecular weight excluding hydrogens is 315 g/mol. The van der Waals surface area contributed by atoms with Crippen LogP contribution in [0.25, 0.3) is 11.1 Å². The van der Waals surface area contributed by atoms with Gasteiger partial charge in [0.15, 0.2) is 0 Å². The van der Waals surface area contributed by atoms with Crippen molar-refractivity contribution < 1.29 is 14.3 Å². The molecule has 0 aliphatic carbocycles. The van der Waals surface area contributed by atoms with Gasteiger partial charge in [-0.15, -0.1) is 0 Å². The fourth-order valence-corrected chi connectivity index (χ4v) is 2.59. The van der Waals surface area contributed by atoms with Crippen LogP contribution >= 0.6 is 34.8 Å². The van der Waals surface area contributed by atoms with Crippen LogP contribution in [0, 0.1) is 5.95 Å². The molecule has 0 bridgehead atoms. The van der Waals surface area contributed by atoms with Crippen LogP contribution in [0.5, 0.6) is 0 Å². The number of halogens is 4. The van der Waals surface area contributed by atoms with E-state index >= 15 is 0 Å². The largest absolute Gasteiger partial charge is 0.478 e. The maximum absolute atomic E-state index is 13.2. The van der Waals surface area contributed by atoms with Crippen molar-refractivity contribution >= 4 is 40.8 Å². The van der Waals surface area contributed by atoms with Crippen molar-refractivity contribution in [3.63, 3.8) is 0 Å². The molecule has 0 amide bonds. The molecule has 1 heterocycles. The van der Waals surface area contributed by atoms with Gasteiger partial charge in [0.2, 0.25) is 5.95 Å². The van der Waals surface area contributed by atoms with Crippen molar-refractivity contribution in [3.8, 4) is 11.1 Å². The Kier molecular flexibility index (Phi) is 3.94. The van der Waals surface area contributed by atoms with E-state index in [2.05, 4.69) is 4.98 Å². The molecule has 0 spiro atoms. The number of hydrogen-bond acceptors (Lipinski definition) is 2. The lowest BCUT2D eigenvalue weighted by Gasteiger charge is -2.08. The fraction of sp³-hybridized carbons (Fsp3) is 0. The highest BCUT2D eigenvalue weighted by Crippen LogP contribution is 2.37. The predicted molar refractivity (Wildman–Crippen MR) is 71.6 cm³/mol. The predicted octanol–water partition coefficient (Wildman–Crippen LogP) is 4.55. The molecule has 98 valence electrons. The third-order valence-corrected chi connectivity index (χ3v) is 3.18. The summed E-state index contributed by atoms with van der Waals surface area (Å²) in [7, 11) is 0. The van der Waals surface area contributed by atoms with Crippen molar-refractivity contribution in [3.05, 3.63) is 51.0 Å². The molecule has 2 aromatic rings. The molecule has 3 nitrogen and oxygen atoms in total. The van der Waals surface area contributed by atoms with Crippen LogP contribution in [0.2, 0.25) is 15.1 Å². The maximum atomic E-state index is 13.2. The van der Waals surface area contributed by atoms with Gasteiger partial charge in [0, 0.05) is 22.3 Å². The molecule has 1 aromatic carbocycles. The van der Waals surface area contributed by atoms with E-state index in [9.17, 15) is 9.18 Å². The number of aromatic nitrogens is 1. The number of nitrogens with zero attached hydrogens (tertiary/aromatic N) is 1. The Morgan fingerprint density at radius 1 is 1.16 bits per heavy atom. The molecule has 2 rings (SSSR count). The molecule has 0 atom stereocenters. The lowest BCUT2D eigenvalue weighted by atomic mass is 10.1. The van der Waals surface area contributed by atoms with E-state index in [1.165, 1.54) is 12.1 Å². The average Bonchev–Trinajstić information content (AvgIpc) is 2.29. The minimum absolute atomic E-state index is 0.224. The summed E-state index contributed by atoms with van der Waals surface area (Å²) >= 11 is 17.8. The Bertz CT molecular complexity index is 653. The standard InChI is InChI=1S/C12H5Cl3FNO2/c13-6-2-8(14)10(9(15)3-6)5-1-7(12(18)19)11(16)17-4-5/h1-4H,(H,18,19). The van der Waals surface area contributed by atoms with Gasteiger partial charge < -0.3 is 5.11 Å². The van der Waals surface area contributed by atoms with Crippen molar-refractivity contribution in [2.75, 3.05) is 0 Å². The van der Waals surface area contributed by atoms with Gasteiger partial charge in [-0.05, 0) is 18.2 Å². The van der Waals surface area contributed by atoms with Gasteiger partial charge in [-0.1, -0.05) is 34.8 Å². The highest BCUT2D eigenvalue weighted by molar-refractivity contribution is 6.41. The first-order chi connectivity index (χ1) is 8.90. The molecule has 1 aromatic heterocycles. The zero-order valence-corrected chi connectivity index (χ0v) is 11.4. The first kappa shape index (κ1) is 14.1. The average molecular weight is 321 g/mol. The van der Waals surface area contributed by atoms with Gasteiger partial charge in [-0.3, -0.25) is 0 Å². The van der Waals surface area contributed by atoms with Crippen molar-refractivity contribution in [2.45, 2.75) is 0 Å². The Hall–Kier alpha value is -1.36. The molecule has 0 aliphatic rings. The second-order valence-electron chi connectivity index (χ2n) is 3.61. The Balaban J connectivity index is 2.66. The summed E-state index contributed by atoms with van der Waals surface area (Å²) in [6.45, 7) is 0. The number of benzene rings is 1. The summed E-state index contributed by atoms with van der Waals surface area (Å²) in [6, 6.07) is 4.02. The second kappa shape index (κ2) is 5.33. The number of pyridine rings is 1.